The number of sulfonamides is 1. The fourth-order valence-corrected chi connectivity index (χ4v) is 6.00. The van der Waals surface area contributed by atoms with E-state index in [9.17, 15) is 23.1 Å². The summed E-state index contributed by atoms with van der Waals surface area (Å²) in [6, 6.07) is 6.38. The summed E-state index contributed by atoms with van der Waals surface area (Å²) in [4.78, 5) is 28.8. The third-order valence-corrected chi connectivity index (χ3v) is 8.62. The standard InChI is InChI=1S/C25H33N3O5S/c1-16-17(2)19(4)24(20(5)18(16)3)34(32,33)26-11-10-23(30)27-12-14-28(15-13-27)25(31)21-8-6-7-9-22(21)29/h6-9,26,29H,10-15H2,1-5H3. The van der Waals surface area contributed by atoms with E-state index in [4.69, 9.17) is 0 Å². The van der Waals surface area contributed by atoms with Crippen LogP contribution in [-0.2, 0) is 14.8 Å². The van der Waals surface area contributed by atoms with Crippen molar-refractivity contribution in [2.45, 2.75) is 45.9 Å². The zero-order chi connectivity index (χ0) is 25.2. The summed E-state index contributed by atoms with van der Waals surface area (Å²) < 4.78 is 28.6. The quantitative estimate of drug-likeness (QED) is 0.651. The molecule has 2 N–H and O–H groups in total. The summed E-state index contributed by atoms with van der Waals surface area (Å²) in [5.74, 6) is -0.503. The molecule has 0 spiro atoms. The Bertz CT molecular complexity index is 1190. The van der Waals surface area contributed by atoms with Gasteiger partial charge in [0, 0.05) is 39.1 Å². The Balaban J connectivity index is 1.56. The molecule has 0 aromatic heterocycles. The maximum Gasteiger partial charge on any atom is 0.257 e. The molecule has 0 saturated carbocycles. The molecule has 2 aromatic carbocycles. The second-order valence-corrected chi connectivity index (χ2v) is 10.5. The Labute approximate surface area is 201 Å². The Morgan fingerprint density at radius 3 is 1.91 bits per heavy atom. The number of phenolic OH excluding ortho intramolecular Hbond substituents is 1. The number of amides is 2. The first-order valence-electron chi connectivity index (χ1n) is 11.4. The highest BCUT2D eigenvalue weighted by Gasteiger charge is 2.27. The average molecular weight is 488 g/mol. The van der Waals surface area contributed by atoms with Crippen LogP contribution in [0.2, 0.25) is 0 Å². The van der Waals surface area contributed by atoms with Gasteiger partial charge in [-0.05, 0) is 74.6 Å². The first kappa shape index (κ1) is 25.7. The van der Waals surface area contributed by atoms with Crippen LogP contribution in [0.25, 0.3) is 0 Å². The van der Waals surface area contributed by atoms with Gasteiger partial charge in [-0.25, -0.2) is 13.1 Å². The third-order valence-electron chi connectivity index (χ3n) is 6.88. The maximum atomic E-state index is 13.0. The number of piperazine rings is 1. The second-order valence-electron chi connectivity index (χ2n) is 8.79. The summed E-state index contributed by atoms with van der Waals surface area (Å²) >= 11 is 0. The van der Waals surface area contributed by atoms with Crippen molar-refractivity contribution in [2.75, 3.05) is 32.7 Å². The Morgan fingerprint density at radius 1 is 0.853 bits per heavy atom. The summed E-state index contributed by atoms with van der Waals surface area (Å²) in [7, 11) is -3.76. The van der Waals surface area contributed by atoms with Crippen LogP contribution >= 0.6 is 0 Å². The minimum atomic E-state index is -3.76. The highest BCUT2D eigenvalue weighted by Crippen LogP contribution is 2.29. The van der Waals surface area contributed by atoms with Crippen LogP contribution < -0.4 is 4.72 Å². The van der Waals surface area contributed by atoms with Gasteiger partial charge in [0.1, 0.15) is 5.75 Å². The summed E-state index contributed by atoms with van der Waals surface area (Å²) in [5, 5.41) is 9.91. The monoisotopic (exact) mass is 487 g/mol. The van der Waals surface area contributed by atoms with Crippen molar-refractivity contribution in [2.24, 2.45) is 0 Å². The molecule has 1 aliphatic rings. The average Bonchev–Trinajstić information content (AvgIpc) is 2.81. The van der Waals surface area contributed by atoms with E-state index in [1.54, 1.807) is 28.0 Å². The Hall–Kier alpha value is -2.91. The number of carbonyl (C=O) groups is 2. The molecule has 0 aliphatic carbocycles. The minimum absolute atomic E-state index is 0.00303. The van der Waals surface area contributed by atoms with Gasteiger partial charge < -0.3 is 14.9 Å². The van der Waals surface area contributed by atoms with Crippen molar-refractivity contribution in [3.8, 4) is 5.75 Å². The zero-order valence-corrected chi connectivity index (χ0v) is 21.3. The van der Waals surface area contributed by atoms with Gasteiger partial charge in [0.25, 0.3) is 5.91 Å². The largest absolute Gasteiger partial charge is 0.507 e. The van der Waals surface area contributed by atoms with Gasteiger partial charge in [-0.1, -0.05) is 12.1 Å². The Morgan fingerprint density at radius 2 is 1.35 bits per heavy atom. The van der Waals surface area contributed by atoms with Crippen molar-refractivity contribution in [1.29, 1.82) is 0 Å². The number of hydrogen-bond acceptors (Lipinski definition) is 5. The van der Waals surface area contributed by atoms with E-state index in [-0.39, 0.29) is 41.0 Å². The highest BCUT2D eigenvalue weighted by atomic mass is 32.2. The van der Waals surface area contributed by atoms with Crippen molar-refractivity contribution >= 4 is 21.8 Å². The molecule has 8 nitrogen and oxygen atoms in total. The molecule has 1 aliphatic heterocycles. The number of rotatable bonds is 6. The van der Waals surface area contributed by atoms with Crippen LogP contribution in [0.1, 0.15) is 44.6 Å². The van der Waals surface area contributed by atoms with Crippen molar-refractivity contribution in [1.82, 2.24) is 14.5 Å². The molecular formula is C25H33N3O5S. The van der Waals surface area contributed by atoms with Crippen molar-refractivity contribution in [3.05, 3.63) is 57.6 Å². The molecule has 2 amide bonds. The molecule has 0 atom stereocenters. The van der Waals surface area contributed by atoms with Gasteiger partial charge in [-0.3, -0.25) is 9.59 Å². The van der Waals surface area contributed by atoms with E-state index < -0.39 is 10.0 Å². The van der Waals surface area contributed by atoms with Crippen LogP contribution in [0.15, 0.2) is 29.2 Å². The van der Waals surface area contributed by atoms with E-state index in [0.717, 1.165) is 27.8 Å². The SMILES string of the molecule is Cc1c(C)c(C)c(S(=O)(=O)NCCC(=O)N2CCN(C(=O)c3ccccc3O)CC2)c(C)c1C. The number of benzene rings is 2. The smallest absolute Gasteiger partial charge is 0.257 e. The van der Waals surface area contributed by atoms with E-state index >= 15 is 0 Å². The first-order chi connectivity index (χ1) is 16.0. The van der Waals surface area contributed by atoms with Crippen LogP contribution in [0.5, 0.6) is 5.75 Å². The second kappa shape index (κ2) is 10.1. The number of phenols is 1. The topological polar surface area (TPSA) is 107 Å². The molecule has 9 heteroatoms. The van der Waals surface area contributed by atoms with Crippen LogP contribution in [0.4, 0.5) is 0 Å². The lowest BCUT2D eigenvalue weighted by atomic mass is 9.95. The summed E-state index contributed by atoms with van der Waals surface area (Å²) in [5.41, 5.74) is 4.69. The maximum absolute atomic E-state index is 13.0. The molecule has 1 heterocycles. The molecule has 0 radical (unpaired) electrons. The summed E-state index contributed by atoms with van der Waals surface area (Å²) in [6.45, 7) is 10.9. The van der Waals surface area contributed by atoms with Gasteiger partial charge in [0.05, 0.1) is 10.5 Å². The predicted octanol–water partition coefficient (Wildman–Crippen LogP) is 2.59. The van der Waals surface area contributed by atoms with Gasteiger partial charge >= 0.3 is 0 Å². The third kappa shape index (κ3) is 5.10. The fraction of sp³-hybridized carbons (Fsp3) is 0.440. The highest BCUT2D eigenvalue weighted by molar-refractivity contribution is 7.89. The molecule has 34 heavy (non-hydrogen) atoms. The molecule has 1 saturated heterocycles. The first-order valence-corrected chi connectivity index (χ1v) is 12.9. The van der Waals surface area contributed by atoms with Gasteiger partial charge in [0.2, 0.25) is 15.9 Å². The van der Waals surface area contributed by atoms with Gasteiger partial charge in [0.15, 0.2) is 0 Å². The number of carbonyl (C=O) groups excluding carboxylic acids is 2. The number of aromatic hydroxyl groups is 1. The fourth-order valence-electron chi connectivity index (χ4n) is 4.38. The molecule has 0 bridgehead atoms. The summed E-state index contributed by atoms with van der Waals surface area (Å²) in [6.07, 6.45) is 0.0363. The lowest BCUT2D eigenvalue weighted by Crippen LogP contribution is -2.51. The van der Waals surface area contributed by atoms with Crippen molar-refractivity contribution < 1.29 is 23.1 Å². The predicted molar refractivity (Wildman–Crippen MR) is 131 cm³/mol. The van der Waals surface area contributed by atoms with E-state index in [0.29, 0.717) is 26.2 Å². The number of hydrogen-bond donors (Lipinski definition) is 2. The molecule has 184 valence electrons. The van der Waals surface area contributed by atoms with Crippen LogP contribution in [-0.4, -0.2) is 67.9 Å². The molecule has 3 rings (SSSR count). The van der Waals surface area contributed by atoms with Gasteiger partial charge in [-0.2, -0.15) is 0 Å². The van der Waals surface area contributed by atoms with Crippen LogP contribution in [0.3, 0.4) is 0 Å². The number of nitrogens with one attached hydrogen (secondary N) is 1. The van der Waals surface area contributed by atoms with E-state index in [2.05, 4.69) is 4.72 Å². The lowest BCUT2D eigenvalue weighted by Gasteiger charge is -2.35. The zero-order valence-electron chi connectivity index (χ0n) is 20.4. The van der Waals surface area contributed by atoms with Crippen LogP contribution in [0, 0.1) is 34.6 Å². The Kier molecular flexibility index (Phi) is 7.67. The molecular weight excluding hydrogens is 454 g/mol. The molecule has 0 unspecified atom stereocenters. The van der Waals surface area contributed by atoms with Crippen molar-refractivity contribution in [3.63, 3.8) is 0 Å². The van der Waals surface area contributed by atoms with E-state index in [1.165, 1.54) is 6.07 Å². The minimum Gasteiger partial charge on any atom is -0.507 e. The molecule has 1 fully saturated rings. The van der Waals surface area contributed by atoms with E-state index in [1.807, 2.05) is 34.6 Å². The normalized spacial score (nSPS) is 14.4. The number of nitrogens with zero attached hydrogens (tertiary/aromatic N) is 2. The number of para-hydroxylation sites is 1. The van der Waals surface area contributed by atoms with Gasteiger partial charge in [-0.15, -0.1) is 0 Å². The molecule has 2 aromatic rings. The lowest BCUT2D eigenvalue weighted by molar-refractivity contribution is -0.132.